The molecule has 0 fully saturated rings. The largest absolute Gasteiger partial charge is 0.487 e. The van der Waals surface area contributed by atoms with Crippen LogP contribution in [0.25, 0.3) is 16.6 Å². The molecular formula is C25H24BClF3N5O2. The Bertz CT molecular complexity index is 1480. The average molecular weight is 530 g/mol. The SMILES string of the molecule is B[C@@](C)(NC(=O)CC(F)F)c1cc(F)cc(Cl)c1COc1cccc2c(-n3ncnc3C)cc(C)nc12. The van der Waals surface area contributed by atoms with E-state index in [2.05, 4.69) is 20.4 Å². The van der Waals surface area contributed by atoms with Gasteiger partial charge in [0.05, 0.1) is 17.1 Å². The molecule has 7 nitrogen and oxygen atoms in total. The number of carbonyl (C=O) groups is 1. The number of nitrogens with zero attached hydrogens (tertiary/aromatic N) is 4. The molecular weight excluding hydrogens is 506 g/mol. The molecule has 4 rings (SSSR count). The number of nitrogens with one attached hydrogen (secondary N) is 1. The normalized spacial score (nSPS) is 13.1. The molecule has 0 aliphatic carbocycles. The molecule has 0 aliphatic heterocycles. The second-order valence-corrected chi connectivity index (χ2v) is 9.53. The first-order valence-corrected chi connectivity index (χ1v) is 11.8. The van der Waals surface area contributed by atoms with E-state index in [4.69, 9.17) is 16.3 Å². The molecule has 4 aromatic rings. The molecule has 1 N–H and O–H groups in total. The standard InChI is InChI=1S/C25H24BClF3N5O2/c1-13-7-20(35-14(2)31-12-32-35)16-5-4-6-21(24(16)33-13)37-11-17-18(8-15(28)9-19(17)27)25(3,26)34-23(36)10-22(29)30/h4-9,12,22H,10-11,26H2,1-3H3,(H,34,36)/t25-/m0/s1. The first kappa shape index (κ1) is 26.5. The maximum atomic E-state index is 14.3. The first-order valence-electron chi connectivity index (χ1n) is 11.4. The lowest BCUT2D eigenvalue weighted by atomic mass is 9.72. The number of pyridine rings is 1. The topological polar surface area (TPSA) is 81.9 Å². The van der Waals surface area contributed by atoms with E-state index < -0.39 is 30.0 Å². The molecule has 2 aromatic heterocycles. The molecule has 192 valence electrons. The minimum Gasteiger partial charge on any atom is -0.487 e. The Morgan fingerprint density at radius 2 is 2.03 bits per heavy atom. The fraction of sp³-hybridized carbons (Fsp3) is 0.280. The summed E-state index contributed by atoms with van der Waals surface area (Å²) in [6.07, 6.45) is -2.30. The summed E-state index contributed by atoms with van der Waals surface area (Å²) in [5.41, 5.74) is 1.60. The number of aromatic nitrogens is 4. The molecule has 0 saturated heterocycles. The Labute approximate surface area is 217 Å². The number of hydrogen-bond acceptors (Lipinski definition) is 5. The van der Waals surface area contributed by atoms with Crippen LogP contribution in [0.15, 0.2) is 42.7 Å². The Hall–Kier alpha value is -3.60. The van der Waals surface area contributed by atoms with Gasteiger partial charge in [-0.3, -0.25) is 4.79 Å². The molecule has 2 heterocycles. The van der Waals surface area contributed by atoms with Crippen LogP contribution in [0.4, 0.5) is 13.2 Å². The van der Waals surface area contributed by atoms with E-state index in [-0.39, 0.29) is 11.6 Å². The number of rotatable bonds is 8. The smallest absolute Gasteiger partial charge is 0.247 e. The summed E-state index contributed by atoms with van der Waals surface area (Å²) in [5, 5.41) is 7.70. The van der Waals surface area contributed by atoms with Crippen LogP contribution in [-0.4, -0.2) is 39.9 Å². The second kappa shape index (κ2) is 10.4. The van der Waals surface area contributed by atoms with Gasteiger partial charge in [0.2, 0.25) is 12.3 Å². The van der Waals surface area contributed by atoms with E-state index in [9.17, 15) is 18.0 Å². The lowest BCUT2D eigenvalue weighted by Crippen LogP contribution is -2.45. The van der Waals surface area contributed by atoms with Gasteiger partial charge in [-0.25, -0.2) is 27.8 Å². The maximum Gasteiger partial charge on any atom is 0.247 e. The highest BCUT2D eigenvalue weighted by Gasteiger charge is 2.29. The van der Waals surface area contributed by atoms with Crippen LogP contribution < -0.4 is 10.1 Å². The second-order valence-electron chi connectivity index (χ2n) is 9.12. The Kier molecular flexibility index (Phi) is 7.45. The van der Waals surface area contributed by atoms with Gasteiger partial charge < -0.3 is 10.1 Å². The third-order valence-corrected chi connectivity index (χ3v) is 6.19. The van der Waals surface area contributed by atoms with Crippen molar-refractivity contribution >= 4 is 36.3 Å². The summed E-state index contributed by atoms with van der Waals surface area (Å²) in [6.45, 7) is 5.19. The van der Waals surface area contributed by atoms with Crippen molar-refractivity contribution in [2.24, 2.45) is 0 Å². The van der Waals surface area contributed by atoms with Crippen molar-refractivity contribution in [2.45, 2.75) is 45.7 Å². The van der Waals surface area contributed by atoms with Crippen molar-refractivity contribution < 1.29 is 22.7 Å². The van der Waals surface area contributed by atoms with E-state index in [1.54, 1.807) is 25.5 Å². The number of benzene rings is 2. The highest BCUT2D eigenvalue weighted by molar-refractivity contribution is 6.31. The summed E-state index contributed by atoms with van der Waals surface area (Å²) >= 11 is 6.39. The van der Waals surface area contributed by atoms with Gasteiger partial charge in [0, 0.05) is 22.1 Å². The minimum atomic E-state index is -2.80. The number of amides is 1. The zero-order valence-corrected chi connectivity index (χ0v) is 21.4. The van der Waals surface area contributed by atoms with Crippen molar-refractivity contribution in [1.29, 1.82) is 0 Å². The number of halogens is 4. The predicted octanol–water partition coefficient (Wildman–Crippen LogP) is 4.38. The summed E-state index contributed by atoms with van der Waals surface area (Å²) in [5.74, 6) is -0.338. The van der Waals surface area contributed by atoms with Gasteiger partial charge in [-0.2, -0.15) is 5.10 Å². The quantitative estimate of drug-likeness (QED) is 0.343. The van der Waals surface area contributed by atoms with E-state index in [1.807, 2.05) is 32.0 Å². The maximum absolute atomic E-state index is 14.3. The monoisotopic (exact) mass is 529 g/mol. The summed E-state index contributed by atoms with van der Waals surface area (Å²) in [7, 11) is 1.58. The number of ether oxygens (including phenoxy) is 1. The van der Waals surface area contributed by atoms with Crippen LogP contribution in [0.2, 0.25) is 5.02 Å². The lowest BCUT2D eigenvalue weighted by Gasteiger charge is -2.30. The van der Waals surface area contributed by atoms with E-state index in [0.717, 1.165) is 22.8 Å². The number of aryl methyl sites for hydroxylation is 2. The summed E-state index contributed by atoms with van der Waals surface area (Å²) in [6, 6.07) is 9.70. The van der Waals surface area contributed by atoms with Crippen molar-refractivity contribution in [1.82, 2.24) is 25.1 Å². The van der Waals surface area contributed by atoms with Crippen molar-refractivity contribution in [3.8, 4) is 11.4 Å². The Morgan fingerprint density at radius 1 is 1.27 bits per heavy atom. The number of para-hydroxylation sites is 1. The number of alkyl halides is 2. The first-order chi connectivity index (χ1) is 17.5. The Balaban J connectivity index is 1.71. The van der Waals surface area contributed by atoms with Gasteiger partial charge in [0.15, 0.2) is 0 Å². The molecule has 2 aromatic carbocycles. The molecule has 0 unspecified atom stereocenters. The van der Waals surface area contributed by atoms with Crippen LogP contribution >= 0.6 is 11.6 Å². The van der Waals surface area contributed by atoms with Crippen LogP contribution in [-0.2, 0) is 16.8 Å². The highest BCUT2D eigenvalue weighted by Crippen LogP contribution is 2.33. The number of carbonyl (C=O) groups excluding carboxylic acids is 1. The van der Waals surface area contributed by atoms with Gasteiger partial charge in [-0.05, 0) is 50.6 Å². The van der Waals surface area contributed by atoms with Gasteiger partial charge in [-0.15, -0.1) is 0 Å². The molecule has 1 atom stereocenters. The van der Waals surface area contributed by atoms with E-state index >= 15 is 0 Å². The third kappa shape index (κ3) is 5.71. The predicted molar refractivity (Wildman–Crippen MR) is 137 cm³/mol. The molecule has 12 heteroatoms. The molecule has 0 aliphatic rings. The molecule has 1 amide bonds. The number of fused-ring (bicyclic) bond motifs is 1. The van der Waals surface area contributed by atoms with E-state index in [0.29, 0.717) is 28.2 Å². The summed E-state index contributed by atoms with van der Waals surface area (Å²) < 4.78 is 47.6. The van der Waals surface area contributed by atoms with Gasteiger partial charge in [-0.1, -0.05) is 23.7 Å². The zero-order chi connectivity index (χ0) is 26.9. The molecule has 37 heavy (non-hydrogen) atoms. The third-order valence-electron chi connectivity index (χ3n) is 5.85. The van der Waals surface area contributed by atoms with Crippen LogP contribution in [0.3, 0.4) is 0 Å². The number of hydrogen-bond donors (Lipinski definition) is 1. The average Bonchev–Trinajstić information content (AvgIpc) is 3.22. The molecule has 0 spiro atoms. The van der Waals surface area contributed by atoms with Crippen molar-refractivity contribution in [2.75, 3.05) is 0 Å². The van der Waals surface area contributed by atoms with Gasteiger partial charge in [0.1, 0.15) is 43.7 Å². The lowest BCUT2D eigenvalue weighted by molar-refractivity contribution is -0.124. The molecule has 0 radical (unpaired) electrons. The van der Waals surface area contributed by atoms with Gasteiger partial charge >= 0.3 is 0 Å². The van der Waals surface area contributed by atoms with Crippen LogP contribution in [0.5, 0.6) is 5.75 Å². The van der Waals surface area contributed by atoms with Crippen LogP contribution in [0.1, 0.15) is 36.0 Å². The fourth-order valence-electron chi connectivity index (χ4n) is 4.22. The minimum absolute atomic E-state index is 0.0782. The van der Waals surface area contributed by atoms with Gasteiger partial charge in [0.25, 0.3) is 0 Å². The summed E-state index contributed by atoms with van der Waals surface area (Å²) in [4.78, 5) is 20.9. The highest BCUT2D eigenvalue weighted by atomic mass is 35.5. The fourth-order valence-corrected chi connectivity index (χ4v) is 4.48. The molecule has 0 saturated carbocycles. The molecule has 0 bridgehead atoms. The zero-order valence-electron chi connectivity index (χ0n) is 20.7. The van der Waals surface area contributed by atoms with Crippen LogP contribution in [0, 0.1) is 19.7 Å². The van der Waals surface area contributed by atoms with Crippen molar-refractivity contribution in [3.63, 3.8) is 0 Å². The van der Waals surface area contributed by atoms with Crippen molar-refractivity contribution in [3.05, 3.63) is 76.2 Å². The Morgan fingerprint density at radius 3 is 2.70 bits per heavy atom. The van der Waals surface area contributed by atoms with E-state index in [1.165, 1.54) is 12.4 Å².